The van der Waals surface area contributed by atoms with E-state index in [0.29, 0.717) is 16.9 Å². The number of rotatable bonds is 2. The Morgan fingerprint density at radius 1 is 1.22 bits per heavy atom. The van der Waals surface area contributed by atoms with Crippen molar-refractivity contribution in [3.8, 4) is 0 Å². The number of hydrogen-bond acceptors (Lipinski definition) is 2. The Kier molecular flexibility index (Phi) is 3.81. The molecule has 0 amide bonds. The fraction of sp³-hybridized carbons (Fsp3) is 1.00. The first-order valence-electron chi connectivity index (χ1n) is 7.68. The Hall–Kier alpha value is -0.0800. The highest BCUT2D eigenvalue weighted by molar-refractivity contribution is 4.96. The molecule has 2 heteroatoms. The second kappa shape index (κ2) is 4.79. The first-order chi connectivity index (χ1) is 8.20. The summed E-state index contributed by atoms with van der Waals surface area (Å²) in [5.74, 6) is 1.59. The second-order valence-electron chi connectivity index (χ2n) is 8.42. The van der Waals surface area contributed by atoms with Gasteiger partial charge in [0.2, 0.25) is 0 Å². The zero-order chi connectivity index (χ0) is 13.6. The summed E-state index contributed by atoms with van der Waals surface area (Å²) in [5.41, 5.74) is 7.25. The van der Waals surface area contributed by atoms with Crippen molar-refractivity contribution in [2.75, 3.05) is 19.6 Å². The van der Waals surface area contributed by atoms with Crippen LogP contribution in [-0.4, -0.2) is 30.6 Å². The van der Waals surface area contributed by atoms with Gasteiger partial charge in [0.05, 0.1) is 0 Å². The Morgan fingerprint density at radius 2 is 1.89 bits per heavy atom. The van der Waals surface area contributed by atoms with Gasteiger partial charge in [-0.05, 0) is 48.5 Å². The molecule has 0 radical (unpaired) electrons. The van der Waals surface area contributed by atoms with Gasteiger partial charge >= 0.3 is 0 Å². The maximum absolute atomic E-state index is 6.43. The zero-order valence-corrected chi connectivity index (χ0v) is 13.0. The number of nitrogens with two attached hydrogens (primary N) is 1. The SMILES string of the molecule is CC(C)(C)C1CCN(CC2CCC(C)(C)C2N)C1. The summed E-state index contributed by atoms with van der Waals surface area (Å²) in [6.45, 7) is 15.6. The maximum Gasteiger partial charge on any atom is 0.0131 e. The average molecular weight is 252 g/mol. The predicted octanol–water partition coefficient (Wildman–Crippen LogP) is 3.12. The van der Waals surface area contributed by atoms with E-state index in [1.807, 2.05) is 0 Å². The summed E-state index contributed by atoms with van der Waals surface area (Å²) in [5, 5.41) is 0. The van der Waals surface area contributed by atoms with E-state index in [1.165, 1.54) is 38.9 Å². The molecule has 0 bridgehead atoms. The molecule has 106 valence electrons. The third-order valence-electron chi connectivity index (χ3n) is 5.56. The summed E-state index contributed by atoms with van der Waals surface area (Å²) in [6, 6.07) is 0.395. The van der Waals surface area contributed by atoms with Gasteiger partial charge in [0.25, 0.3) is 0 Å². The van der Waals surface area contributed by atoms with E-state index < -0.39 is 0 Å². The molecule has 2 rings (SSSR count). The van der Waals surface area contributed by atoms with Crippen molar-refractivity contribution in [1.82, 2.24) is 4.90 Å². The van der Waals surface area contributed by atoms with Crippen molar-refractivity contribution in [3.05, 3.63) is 0 Å². The van der Waals surface area contributed by atoms with Gasteiger partial charge in [0.15, 0.2) is 0 Å². The van der Waals surface area contributed by atoms with Crippen LogP contribution in [0.3, 0.4) is 0 Å². The number of likely N-dealkylation sites (tertiary alicyclic amines) is 1. The molecule has 1 heterocycles. The molecular formula is C16H32N2. The van der Waals surface area contributed by atoms with Crippen LogP contribution in [0.4, 0.5) is 0 Å². The van der Waals surface area contributed by atoms with E-state index >= 15 is 0 Å². The maximum atomic E-state index is 6.43. The van der Waals surface area contributed by atoms with Gasteiger partial charge in [-0.1, -0.05) is 34.6 Å². The molecule has 0 spiro atoms. The van der Waals surface area contributed by atoms with Crippen molar-refractivity contribution in [2.24, 2.45) is 28.4 Å². The highest BCUT2D eigenvalue weighted by Gasteiger charge is 2.41. The molecule has 1 saturated carbocycles. The summed E-state index contributed by atoms with van der Waals surface area (Å²) in [7, 11) is 0. The van der Waals surface area contributed by atoms with E-state index in [9.17, 15) is 0 Å². The smallest absolute Gasteiger partial charge is 0.0131 e. The molecule has 0 aromatic heterocycles. The van der Waals surface area contributed by atoms with Crippen LogP contribution in [0.1, 0.15) is 53.9 Å². The molecule has 1 saturated heterocycles. The lowest BCUT2D eigenvalue weighted by atomic mass is 9.80. The quantitative estimate of drug-likeness (QED) is 0.818. The summed E-state index contributed by atoms with van der Waals surface area (Å²) in [6.07, 6.45) is 4.00. The molecule has 3 atom stereocenters. The van der Waals surface area contributed by atoms with Crippen LogP contribution < -0.4 is 5.73 Å². The lowest BCUT2D eigenvalue weighted by Crippen LogP contribution is -2.42. The van der Waals surface area contributed by atoms with Crippen LogP contribution in [0, 0.1) is 22.7 Å². The standard InChI is InChI=1S/C16H32N2/c1-15(2,3)13-7-9-18(11-13)10-12-6-8-16(4,5)14(12)17/h12-14H,6-11,17H2,1-5H3. The molecule has 3 unspecified atom stereocenters. The highest BCUT2D eigenvalue weighted by Crippen LogP contribution is 2.41. The van der Waals surface area contributed by atoms with Crippen LogP contribution in [0.25, 0.3) is 0 Å². The Bertz CT molecular complexity index is 290. The van der Waals surface area contributed by atoms with E-state index in [2.05, 4.69) is 39.5 Å². The zero-order valence-electron chi connectivity index (χ0n) is 13.0. The first-order valence-corrected chi connectivity index (χ1v) is 7.68. The minimum absolute atomic E-state index is 0.355. The van der Waals surface area contributed by atoms with E-state index in [-0.39, 0.29) is 0 Å². The normalized spacial score (nSPS) is 37.3. The summed E-state index contributed by atoms with van der Waals surface area (Å²) in [4.78, 5) is 2.67. The van der Waals surface area contributed by atoms with Gasteiger partial charge in [-0.25, -0.2) is 0 Å². The van der Waals surface area contributed by atoms with Gasteiger partial charge in [-0.15, -0.1) is 0 Å². The third kappa shape index (κ3) is 2.91. The number of nitrogens with zero attached hydrogens (tertiary/aromatic N) is 1. The van der Waals surface area contributed by atoms with E-state index in [1.54, 1.807) is 0 Å². The van der Waals surface area contributed by atoms with Gasteiger partial charge in [-0.3, -0.25) is 0 Å². The Balaban J connectivity index is 1.86. The minimum atomic E-state index is 0.355. The topological polar surface area (TPSA) is 29.3 Å². The van der Waals surface area contributed by atoms with Gasteiger partial charge in [0, 0.05) is 19.1 Å². The van der Waals surface area contributed by atoms with E-state index in [0.717, 1.165) is 11.8 Å². The molecule has 0 aromatic carbocycles. The minimum Gasteiger partial charge on any atom is -0.327 e. The first kappa shape index (κ1) is 14.3. The molecule has 1 aliphatic carbocycles. The van der Waals surface area contributed by atoms with Crippen LogP contribution in [-0.2, 0) is 0 Å². The van der Waals surface area contributed by atoms with Crippen LogP contribution in [0.5, 0.6) is 0 Å². The summed E-state index contributed by atoms with van der Waals surface area (Å²) < 4.78 is 0. The molecule has 2 N–H and O–H groups in total. The predicted molar refractivity (Wildman–Crippen MR) is 78.5 cm³/mol. The molecule has 18 heavy (non-hydrogen) atoms. The molecule has 2 fully saturated rings. The second-order valence-corrected chi connectivity index (χ2v) is 8.42. The van der Waals surface area contributed by atoms with Crippen LogP contribution >= 0.6 is 0 Å². The molecule has 0 aromatic rings. The molecule has 2 aliphatic rings. The van der Waals surface area contributed by atoms with Gasteiger partial charge < -0.3 is 10.6 Å². The Labute approximate surface area is 113 Å². The van der Waals surface area contributed by atoms with Crippen molar-refractivity contribution in [1.29, 1.82) is 0 Å². The van der Waals surface area contributed by atoms with Crippen molar-refractivity contribution < 1.29 is 0 Å². The third-order valence-corrected chi connectivity index (χ3v) is 5.56. The fourth-order valence-corrected chi connectivity index (χ4v) is 3.78. The highest BCUT2D eigenvalue weighted by atomic mass is 15.2. The van der Waals surface area contributed by atoms with Crippen molar-refractivity contribution in [2.45, 2.75) is 59.9 Å². The molecular weight excluding hydrogens is 220 g/mol. The average Bonchev–Trinajstić information content (AvgIpc) is 2.79. The van der Waals surface area contributed by atoms with Gasteiger partial charge in [0.1, 0.15) is 0 Å². The number of hydrogen-bond donors (Lipinski definition) is 1. The summed E-state index contributed by atoms with van der Waals surface area (Å²) >= 11 is 0. The monoisotopic (exact) mass is 252 g/mol. The fourth-order valence-electron chi connectivity index (χ4n) is 3.78. The van der Waals surface area contributed by atoms with Crippen molar-refractivity contribution >= 4 is 0 Å². The lowest BCUT2D eigenvalue weighted by Gasteiger charge is -2.30. The van der Waals surface area contributed by atoms with E-state index in [4.69, 9.17) is 5.73 Å². The molecule has 2 nitrogen and oxygen atoms in total. The van der Waals surface area contributed by atoms with Gasteiger partial charge in [-0.2, -0.15) is 0 Å². The largest absolute Gasteiger partial charge is 0.327 e. The molecule has 1 aliphatic heterocycles. The Morgan fingerprint density at radius 3 is 2.33 bits per heavy atom. The lowest BCUT2D eigenvalue weighted by molar-refractivity contribution is 0.200. The van der Waals surface area contributed by atoms with Crippen molar-refractivity contribution in [3.63, 3.8) is 0 Å². The van der Waals surface area contributed by atoms with Crippen LogP contribution in [0.2, 0.25) is 0 Å². The van der Waals surface area contributed by atoms with Crippen LogP contribution in [0.15, 0.2) is 0 Å².